The van der Waals surface area contributed by atoms with Crippen molar-refractivity contribution >= 4 is 5.65 Å². The molecule has 102 valence electrons. The van der Waals surface area contributed by atoms with E-state index >= 15 is 0 Å². The first-order chi connectivity index (χ1) is 9.74. The molecule has 0 atom stereocenters. The molecule has 0 bridgehead atoms. The van der Waals surface area contributed by atoms with Crippen molar-refractivity contribution < 1.29 is 0 Å². The van der Waals surface area contributed by atoms with E-state index in [2.05, 4.69) is 60.8 Å². The van der Waals surface area contributed by atoms with Crippen molar-refractivity contribution in [3.63, 3.8) is 0 Å². The van der Waals surface area contributed by atoms with Crippen LogP contribution in [0.25, 0.3) is 16.9 Å². The third-order valence-electron chi connectivity index (χ3n) is 3.74. The zero-order chi connectivity index (χ0) is 14.1. The van der Waals surface area contributed by atoms with Gasteiger partial charge in [0.25, 0.3) is 0 Å². The average Bonchev–Trinajstić information content (AvgIpc) is 2.87. The Balaban J connectivity index is 2.21. The van der Waals surface area contributed by atoms with E-state index in [1.165, 1.54) is 11.3 Å². The van der Waals surface area contributed by atoms with Crippen molar-refractivity contribution in [1.29, 1.82) is 0 Å². The van der Waals surface area contributed by atoms with Crippen molar-refractivity contribution in [2.45, 2.75) is 26.8 Å². The van der Waals surface area contributed by atoms with Crippen LogP contribution in [-0.2, 0) is 13.0 Å². The largest absolute Gasteiger partial charge is 0.326 e. The highest BCUT2D eigenvalue weighted by atomic mass is 15.0. The molecule has 0 amide bonds. The van der Waals surface area contributed by atoms with Gasteiger partial charge in [0.1, 0.15) is 5.65 Å². The zero-order valence-corrected chi connectivity index (χ0v) is 11.9. The van der Waals surface area contributed by atoms with Gasteiger partial charge in [-0.05, 0) is 30.5 Å². The van der Waals surface area contributed by atoms with Crippen LogP contribution in [0.15, 0.2) is 42.6 Å². The van der Waals surface area contributed by atoms with Crippen LogP contribution >= 0.6 is 0 Å². The molecule has 1 aromatic carbocycles. The third-order valence-corrected chi connectivity index (χ3v) is 3.74. The van der Waals surface area contributed by atoms with Crippen LogP contribution in [0.1, 0.15) is 23.7 Å². The van der Waals surface area contributed by atoms with Gasteiger partial charge in [-0.15, -0.1) is 0 Å². The average molecular weight is 265 g/mol. The lowest BCUT2D eigenvalue weighted by molar-refractivity contribution is 0.993. The first kappa shape index (κ1) is 12.9. The van der Waals surface area contributed by atoms with Gasteiger partial charge in [-0.2, -0.15) is 0 Å². The van der Waals surface area contributed by atoms with Crippen molar-refractivity contribution in [2.24, 2.45) is 5.73 Å². The monoisotopic (exact) mass is 265 g/mol. The van der Waals surface area contributed by atoms with Crippen LogP contribution in [0, 0.1) is 6.92 Å². The molecule has 0 radical (unpaired) electrons. The van der Waals surface area contributed by atoms with E-state index in [0.717, 1.165) is 28.9 Å². The summed E-state index contributed by atoms with van der Waals surface area (Å²) in [5, 5.41) is 0. The van der Waals surface area contributed by atoms with Gasteiger partial charge in [0.2, 0.25) is 0 Å². The predicted octanol–water partition coefficient (Wildman–Crippen LogP) is 3.33. The SMILES string of the molecule is CCc1c(-c2ccc(CN)cc2)nc2c(C)cccn12. The Bertz CT molecular complexity index is 739. The van der Waals surface area contributed by atoms with Gasteiger partial charge in [-0.25, -0.2) is 4.98 Å². The van der Waals surface area contributed by atoms with Gasteiger partial charge < -0.3 is 10.1 Å². The van der Waals surface area contributed by atoms with Crippen molar-refractivity contribution in [3.8, 4) is 11.3 Å². The molecule has 3 aromatic rings. The van der Waals surface area contributed by atoms with E-state index in [9.17, 15) is 0 Å². The Labute approximate surface area is 119 Å². The minimum absolute atomic E-state index is 0.575. The number of imidazole rings is 1. The molecule has 0 aliphatic heterocycles. The zero-order valence-electron chi connectivity index (χ0n) is 11.9. The molecular weight excluding hydrogens is 246 g/mol. The lowest BCUT2D eigenvalue weighted by Crippen LogP contribution is -1.96. The van der Waals surface area contributed by atoms with Crippen LogP contribution < -0.4 is 5.73 Å². The molecule has 0 unspecified atom stereocenters. The number of rotatable bonds is 3. The quantitative estimate of drug-likeness (QED) is 0.789. The highest BCUT2D eigenvalue weighted by Gasteiger charge is 2.13. The molecule has 0 spiro atoms. The second-order valence-electron chi connectivity index (χ2n) is 5.05. The van der Waals surface area contributed by atoms with E-state index in [1.807, 2.05) is 0 Å². The highest BCUT2D eigenvalue weighted by Crippen LogP contribution is 2.26. The van der Waals surface area contributed by atoms with Gasteiger partial charge >= 0.3 is 0 Å². The van der Waals surface area contributed by atoms with Crippen molar-refractivity contribution in [3.05, 3.63) is 59.4 Å². The molecule has 3 nitrogen and oxygen atoms in total. The second kappa shape index (κ2) is 5.10. The summed E-state index contributed by atoms with van der Waals surface area (Å²) >= 11 is 0. The van der Waals surface area contributed by atoms with Gasteiger partial charge in [0.05, 0.1) is 11.4 Å². The number of pyridine rings is 1. The molecule has 2 N–H and O–H groups in total. The third kappa shape index (κ3) is 2.00. The lowest BCUT2D eigenvalue weighted by atomic mass is 10.1. The van der Waals surface area contributed by atoms with Gasteiger partial charge in [0, 0.05) is 18.3 Å². The molecule has 3 heteroatoms. The van der Waals surface area contributed by atoms with Crippen molar-refractivity contribution in [1.82, 2.24) is 9.38 Å². The maximum absolute atomic E-state index is 5.66. The fraction of sp³-hybridized carbons (Fsp3) is 0.235. The summed E-state index contributed by atoms with van der Waals surface area (Å²) in [6.45, 7) is 4.85. The molecule has 3 rings (SSSR count). The summed E-state index contributed by atoms with van der Waals surface area (Å²) in [6, 6.07) is 12.5. The van der Waals surface area contributed by atoms with E-state index < -0.39 is 0 Å². The van der Waals surface area contributed by atoms with Gasteiger partial charge in [0.15, 0.2) is 0 Å². The molecule has 2 heterocycles. The van der Waals surface area contributed by atoms with Crippen LogP contribution in [0.3, 0.4) is 0 Å². The number of nitrogens with zero attached hydrogens (tertiary/aromatic N) is 2. The molecule has 0 aliphatic rings. The maximum Gasteiger partial charge on any atom is 0.140 e. The van der Waals surface area contributed by atoms with Crippen LogP contribution in [0.5, 0.6) is 0 Å². The highest BCUT2D eigenvalue weighted by molar-refractivity contribution is 5.68. The standard InChI is InChI=1S/C17H19N3/c1-3-15-16(14-8-6-13(11-18)7-9-14)19-17-12(2)5-4-10-20(15)17/h4-10H,3,11,18H2,1-2H3. The minimum Gasteiger partial charge on any atom is -0.326 e. The lowest BCUT2D eigenvalue weighted by Gasteiger charge is -2.03. The van der Waals surface area contributed by atoms with Crippen LogP contribution in [-0.4, -0.2) is 9.38 Å². The summed E-state index contributed by atoms with van der Waals surface area (Å²) in [7, 11) is 0. The van der Waals surface area contributed by atoms with E-state index in [4.69, 9.17) is 10.7 Å². The summed E-state index contributed by atoms with van der Waals surface area (Å²) < 4.78 is 2.20. The van der Waals surface area contributed by atoms with Crippen LogP contribution in [0.4, 0.5) is 0 Å². The maximum atomic E-state index is 5.66. The molecule has 2 aromatic heterocycles. The molecule has 20 heavy (non-hydrogen) atoms. The summed E-state index contributed by atoms with van der Waals surface area (Å²) in [5.74, 6) is 0. The molecule has 0 fully saturated rings. The topological polar surface area (TPSA) is 43.3 Å². The molecule has 0 saturated heterocycles. The normalized spacial score (nSPS) is 11.2. The number of fused-ring (bicyclic) bond motifs is 1. The minimum atomic E-state index is 0.575. The number of aryl methyl sites for hydroxylation is 2. The van der Waals surface area contributed by atoms with E-state index in [0.29, 0.717) is 6.54 Å². The first-order valence-corrected chi connectivity index (χ1v) is 7.00. The van der Waals surface area contributed by atoms with Crippen LogP contribution in [0.2, 0.25) is 0 Å². The Kier molecular flexibility index (Phi) is 3.28. The summed E-state index contributed by atoms with van der Waals surface area (Å²) in [5.41, 5.74) is 12.5. The number of nitrogens with two attached hydrogens (primary N) is 1. The molecule has 0 aliphatic carbocycles. The Morgan fingerprint density at radius 3 is 2.55 bits per heavy atom. The predicted molar refractivity (Wildman–Crippen MR) is 82.6 cm³/mol. The molecule has 0 saturated carbocycles. The second-order valence-corrected chi connectivity index (χ2v) is 5.05. The fourth-order valence-electron chi connectivity index (χ4n) is 2.62. The Hall–Kier alpha value is -2.13. The Morgan fingerprint density at radius 2 is 1.90 bits per heavy atom. The summed E-state index contributed by atoms with van der Waals surface area (Å²) in [4.78, 5) is 4.84. The Morgan fingerprint density at radius 1 is 1.15 bits per heavy atom. The fourth-order valence-corrected chi connectivity index (χ4v) is 2.62. The smallest absolute Gasteiger partial charge is 0.140 e. The van der Waals surface area contributed by atoms with Gasteiger partial charge in [-0.3, -0.25) is 0 Å². The number of hydrogen-bond donors (Lipinski definition) is 1. The van der Waals surface area contributed by atoms with Crippen molar-refractivity contribution in [2.75, 3.05) is 0 Å². The summed E-state index contributed by atoms with van der Waals surface area (Å²) in [6.07, 6.45) is 3.05. The van der Waals surface area contributed by atoms with E-state index in [-0.39, 0.29) is 0 Å². The van der Waals surface area contributed by atoms with Gasteiger partial charge in [-0.1, -0.05) is 37.3 Å². The number of hydrogen-bond acceptors (Lipinski definition) is 2. The molecular formula is C17H19N3. The number of aromatic nitrogens is 2. The van der Waals surface area contributed by atoms with E-state index in [1.54, 1.807) is 0 Å². The first-order valence-electron chi connectivity index (χ1n) is 7.00. The number of benzene rings is 1.